The summed E-state index contributed by atoms with van der Waals surface area (Å²) in [6, 6.07) is 15.3. The van der Waals surface area contributed by atoms with Crippen molar-refractivity contribution in [3.05, 3.63) is 75.7 Å². The fourth-order valence-electron chi connectivity index (χ4n) is 4.55. The second kappa shape index (κ2) is 9.50. The molecule has 1 atom stereocenters. The number of nitrogens with zero attached hydrogens (tertiary/aromatic N) is 2. The van der Waals surface area contributed by atoms with Crippen molar-refractivity contribution in [2.75, 3.05) is 6.61 Å². The number of ether oxygens (including phenoxy) is 1. The normalized spacial score (nSPS) is 15.1. The van der Waals surface area contributed by atoms with Gasteiger partial charge in [-0.3, -0.25) is 4.79 Å². The van der Waals surface area contributed by atoms with Crippen molar-refractivity contribution >= 4 is 29.3 Å². The third-order valence-corrected chi connectivity index (χ3v) is 7.30. The average Bonchev–Trinajstić information content (AvgIpc) is 3.48. The van der Waals surface area contributed by atoms with Crippen molar-refractivity contribution in [2.45, 2.75) is 44.3 Å². The molecular weight excluding hydrogens is 466 g/mol. The SMILES string of the molecule is CC(C(=O)O)N(C(=O)c1csc(CNC(=O)OCC2c3ccccc3-c3ccccc32)n1)C1CC1. The van der Waals surface area contributed by atoms with E-state index in [0.717, 1.165) is 35.1 Å². The van der Waals surface area contributed by atoms with Gasteiger partial charge in [0.2, 0.25) is 0 Å². The molecule has 2 amide bonds. The molecule has 3 aromatic rings. The van der Waals surface area contributed by atoms with Crippen LogP contribution in [0.2, 0.25) is 0 Å². The van der Waals surface area contributed by atoms with Crippen LogP contribution in [0.4, 0.5) is 4.79 Å². The Balaban J connectivity index is 1.18. The first-order chi connectivity index (χ1) is 16.9. The first-order valence-corrected chi connectivity index (χ1v) is 12.4. The standard InChI is InChI=1S/C26H25N3O5S/c1-15(25(31)32)29(16-10-11-16)24(30)22-14-35-23(28-22)12-27-26(33)34-13-21-19-8-4-2-6-17(19)18-7-3-5-9-20(18)21/h2-9,14-16,21H,10-13H2,1H3,(H,27,33)(H,31,32). The van der Waals surface area contributed by atoms with Crippen LogP contribution in [0, 0.1) is 0 Å². The number of rotatable bonds is 8. The van der Waals surface area contributed by atoms with Crippen molar-refractivity contribution in [1.82, 2.24) is 15.2 Å². The molecule has 1 unspecified atom stereocenters. The molecule has 2 N–H and O–H groups in total. The molecule has 1 fully saturated rings. The van der Waals surface area contributed by atoms with Crippen LogP contribution in [-0.4, -0.2) is 51.7 Å². The zero-order valence-corrected chi connectivity index (χ0v) is 20.0. The molecule has 5 rings (SSSR count). The summed E-state index contributed by atoms with van der Waals surface area (Å²) in [7, 11) is 0. The Morgan fingerprint density at radius 3 is 2.34 bits per heavy atom. The van der Waals surface area contributed by atoms with Gasteiger partial charge in [-0.25, -0.2) is 14.6 Å². The van der Waals surface area contributed by atoms with E-state index in [-0.39, 0.29) is 30.8 Å². The largest absolute Gasteiger partial charge is 0.480 e. The minimum atomic E-state index is -1.04. The van der Waals surface area contributed by atoms with Crippen molar-refractivity contribution in [2.24, 2.45) is 0 Å². The number of aromatic nitrogens is 1. The number of amides is 2. The van der Waals surface area contributed by atoms with Gasteiger partial charge in [0.15, 0.2) is 0 Å². The van der Waals surface area contributed by atoms with E-state index in [4.69, 9.17) is 4.74 Å². The molecule has 0 saturated heterocycles. The number of hydrogen-bond acceptors (Lipinski definition) is 6. The van der Waals surface area contributed by atoms with E-state index >= 15 is 0 Å². The minimum absolute atomic E-state index is 0.0260. The van der Waals surface area contributed by atoms with Gasteiger partial charge in [-0.1, -0.05) is 48.5 Å². The fourth-order valence-corrected chi connectivity index (χ4v) is 5.26. The minimum Gasteiger partial charge on any atom is -0.480 e. The summed E-state index contributed by atoms with van der Waals surface area (Å²) in [6.07, 6.45) is 1.03. The highest BCUT2D eigenvalue weighted by atomic mass is 32.1. The molecule has 8 nitrogen and oxygen atoms in total. The maximum Gasteiger partial charge on any atom is 0.407 e. The first kappa shape index (κ1) is 23.0. The molecule has 2 aromatic carbocycles. The highest BCUT2D eigenvalue weighted by molar-refractivity contribution is 7.09. The molecule has 0 aliphatic heterocycles. The van der Waals surface area contributed by atoms with Crippen LogP contribution < -0.4 is 5.32 Å². The Morgan fingerprint density at radius 2 is 1.74 bits per heavy atom. The summed E-state index contributed by atoms with van der Waals surface area (Å²) in [6.45, 7) is 1.84. The van der Waals surface area contributed by atoms with Crippen molar-refractivity contribution < 1.29 is 24.2 Å². The molecule has 1 saturated carbocycles. The van der Waals surface area contributed by atoms with Gasteiger partial charge >= 0.3 is 12.1 Å². The van der Waals surface area contributed by atoms with Gasteiger partial charge in [0.05, 0.1) is 6.54 Å². The number of benzene rings is 2. The Kier molecular flexibility index (Phi) is 6.25. The lowest BCUT2D eigenvalue weighted by Gasteiger charge is -2.25. The number of thiazole rings is 1. The van der Waals surface area contributed by atoms with E-state index in [9.17, 15) is 19.5 Å². The lowest BCUT2D eigenvalue weighted by Crippen LogP contribution is -2.44. The lowest BCUT2D eigenvalue weighted by atomic mass is 9.98. The summed E-state index contributed by atoms with van der Waals surface area (Å²) >= 11 is 1.24. The maximum absolute atomic E-state index is 12.9. The van der Waals surface area contributed by atoms with Gasteiger partial charge in [0.25, 0.3) is 5.91 Å². The van der Waals surface area contributed by atoms with Crippen molar-refractivity contribution in [3.8, 4) is 11.1 Å². The summed E-state index contributed by atoms with van der Waals surface area (Å²) < 4.78 is 5.54. The zero-order chi connectivity index (χ0) is 24.5. The van der Waals surface area contributed by atoms with Gasteiger partial charge in [0, 0.05) is 17.3 Å². The van der Waals surface area contributed by atoms with E-state index in [0.29, 0.717) is 5.01 Å². The summed E-state index contributed by atoms with van der Waals surface area (Å²) in [5.74, 6) is -1.47. The van der Waals surface area contributed by atoms with Gasteiger partial charge in [-0.15, -0.1) is 11.3 Å². The molecule has 0 radical (unpaired) electrons. The smallest absolute Gasteiger partial charge is 0.407 e. The first-order valence-electron chi connectivity index (χ1n) is 11.5. The molecule has 180 valence electrons. The third kappa shape index (κ3) is 4.64. The van der Waals surface area contributed by atoms with Gasteiger partial charge in [-0.2, -0.15) is 0 Å². The highest BCUT2D eigenvalue weighted by Gasteiger charge is 2.39. The number of nitrogens with one attached hydrogen (secondary N) is 1. The Hall–Kier alpha value is -3.72. The summed E-state index contributed by atoms with van der Waals surface area (Å²) in [4.78, 5) is 42.4. The number of aliphatic carboxylic acids is 1. The van der Waals surface area contributed by atoms with E-state index in [1.165, 1.54) is 23.2 Å². The maximum atomic E-state index is 12.9. The van der Waals surface area contributed by atoms with Crippen LogP contribution in [-0.2, 0) is 16.1 Å². The van der Waals surface area contributed by atoms with E-state index in [2.05, 4.69) is 34.6 Å². The van der Waals surface area contributed by atoms with Crippen LogP contribution in [0.15, 0.2) is 53.9 Å². The quantitative estimate of drug-likeness (QED) is 0.487. The molecule has 2 aliphatic carbocycles. The number of hydrogen-bond donors (Lipinski definition) is 2. The number of carboxylic acids is 1. The van der Waals surface area contributed by atoms with E-state index in [1.807, 2.05) is 24.3 Å². The number of alkyl carbamates (subject to hydrolysis) is 1. The number of carbonyl (C=O) groups is 3. The van der Waals surface area contributed by atoms with E-state index in [1.54, 1.807) is 5.38 Å². The molecule has 2 aliphatic rings. The van der Waals surface area contributed by atoms with Gasteiger partial charge in [0.1, 0.15) is 23.4 Å². The molecule has 1 aromatic heterocycles. The summed E-state index contributed by atoms with van der Waals surface area (Å²) in [5, 5.41) is 14.2. The predicted molar refractivity (Wildman–Crippen MR) is 130 cm³/mol. The average molecular weight is 492 g/mol. The van der Waals surface area contributed by atoms with Crippen molar-refractivity contribution in [3.63, 3.8) is 0 Å². The topological polar surface area (TPSA) is 109 Å². The Labute approximate surface area is 206 Å². The summed E-state index contributed by atoms with van der Waals surface area (Å²) in [5.41, 5.74) is 4.80. The zero-order valence-electron chi connectivity index (χ0n) is 19.1. The molecule has 0 spiro atoms. The predicted octanol–water partition coefficient (Wildman–Crippen LogP) is 4.26. The third-order valence-electron chi connectivity index (χ3n) is 6.45. The molecule has 35 heavy (non-hydrogen) atoms. The molecule has 0 bridgehead atoms. The monoisotopic (exact) mass is 491 g/mol. The van der Waals surface area contributed by atoms with Crippen LogP contribution in [0.25, 0.3) is 11.1 Å². The van der Waals surface area contributed by atoms with Crippen LogP contribution >= 0.6 is 11.3 Å². The highest BCUT2D eigenvalue weighted by Crippen LogP contribution is 2.44. The number of carboxylic acid groups (broad SMARTS) is 1. The fraction of sp³-hybridized carbons (Fsp3) is 0.308. The Morgan fingerprint density at radius 1 is 1.11 bits per heavy atom. The number of carbonyl (C=O) groups excluding carboxylic acids is 2. The second-order valence-electron chi connectivity index (χ2n) is 8.76. The van der Waals surface area contributed by atoms with Crippen molar-refractivity contribution in [1.29, 1.82) is 0 Å². The van der Waals surface area contributed by atoms with Gasteiger partial charge in [-0.05, 0) is 42.0 Å². The number of fused-ring (bicyclic) bond motifs is 3. The lowest BCUT2D eigenvalue weighted by molar-refractivity contribution is -0.141. The molecular formula is C26H25N3O5S. The van der Waals surface area contributed by atoms with E-state index < -0.39 is 24.0 Å². The van der Waals surface area contributed by atoms with Crippen LogP contribution in [0.5, 0.6) is 0 Å². The van der Waals surface area contributed by atoms with Crippen LogP contribution in [0.3, 0.4) is 0 Å². The van der Waals surface area contributed by atoms with Crippen LogP contribution in [0.1, 0.15) is 52.3 Å². The Bertz CT molecular complexity index is 1240. The molecule has 9 heteroatoms. The second-order valence-corrected chi connectivity index (χ2v) is 9.71. The van der Waals surface area contributed by atoms with Gasteiger partial charge < -0.3 is 20.1 Å². The molecule has 1 heterocycles.